The monoisotopic (exact) mass is 482 g/mol. The molecule has 1 aromatic carbocycles. The minimum Gasteiger partial charge on any atom is -0.454 e. The summed E-state index contributed by atoms with van der Waals surface area (Å²) in [7, 11) is 0. The Morgan fingerprint density at radius 3 is 2.81 bits per heavy atom. The smallest absolute Gasteiger partial charge is 0.231 e. The average Bonchev–Trinajstić information content (AvgIpc) is 3.06. The summed E-state index contributed by atoms with van der Waals surface area (Å²) in [4.78, 5) is 17.2. The van der Waals surface area contributed by atoms with Gasteiger partial charge in [-0.2, -0.15) is 4.98 Å². The molecule has 0 saturated carbocycles. The molecule has 2 aromatic heterocycles. The molecule has 4 rings (SSSR count). The fourth-order valence-corrected chi connectivity index (χ4v) is 3.23. The number of anilines is 4. The lowest BCUT2D eigenvalue weighted by molar-refractivity contribution is 0.174. The predicted octanol–water partition coefficient (Wildman–Crippen LogP) is 4.05. The number of hydrogen-bond acceptors (Lipinski definition) is 8. The number of rotatable bonds is 4. The summed E-state index contributed by atoms with van der Waals surface area (Å²) in [5.41, 5.74) is 0.596. The Hall–Kier alpha value is -2.40. The number of aryl methyl sites for hydroxylation is 1. The minimum absolute atomic E-state index is 0.159. The molecule has 0 radical (unpaired) electrons. The fourth-order valence-electron chi connectivity index (χ4n) is 2.39. The van der Waals surface area contributed by atoms with E-state index in [2.05, 4.69) is 53.2 Å². The summed E-state index contributed by atoms with van der Waals surface area (Å²) in [5.74, 6) is 3.42. The lowest BCUT2D eigenvalue weighted by atomic mass is 10.2. The number of benzene rings is 1. The Balaban J connectivity index is 1.60. The third-order valence-corrected chi connectivity index (χ3v) is 4.31. The second kappa shape index (κ2) is 7.08. The van der Waals surface area contributed by atoms with Crippen molar-refractivity contribution in [2.75, 3.05) is 17.4 Å². The summed E-state index contributed by atoms with van der Waals surface area (Å²) in [6.07, 6.45) is 1.63. The van der Waals surface area contributed by atoms with E-state index in [9.17, 15) is 0 Å². The van der Waals surface area contributed by atoms with Crippen LogP contribution in [0.15, 0.2) is 30.5 Å². The molecule has 3 aromatic rings. The molecule has 0 atom stereocenters. The molecule has 0 bridgehead atoms. The van der Waals surface area contributed by atoms with E-state index in [0.29, 0.717) is 45.6 Å². The first-order chi connectivity index (χ1) is 12.6. The summed E-state index contributed by atoms with van der Waals surface area (Å²) >= 11 is 8.42. The number of aromatic nitrogens is 4. The van der Waals surface area contributed by atoms with Crippen LogP contribution in [0.1, 0.15) is 5.82 Å². The lowest BCUT2D eigenvalue weighted by Crippen LogP contribution is -2.04. The molecule has 0 fully saturated rings. The van der Waals surface area contributed by atoms with Gasteiger partial charge in [0.25, 0.3) is 0 Å². The molecule has 2 N–H and O–H groups in total. The molecule has 0 aliphatic carbocycles. The van der Waals surface area contributed by atoms with Gasteiger partial charge >= 0.3 is 0 Å². The second-order valence-electron chi connectivity index (χ2n) is 5.29. The van der Waals surface area contributed by atoms with Gasteiger partial charge in [0.2, 0.25) is 12.7 Å². The van der Waals surface area contributed by atoms with Gasteiger partial charge in [0.15, 0.2) is 11.5 Å². The number of hydrogen-bond donors (Lipinski definition) is 2. The molecule has 1 aliphatic rings. The quantitative estimate of drug-likeness (QED) is 0.425. The molecule has 132 valence electrons. The molecule has 3 heterocycles. The van der Waals surface area contributed by atoms with Crippen molar-refractivity contribution >= 4 is 57.5 Å². The van der Waals surface area contributed by atoms with Crippen LogP contribution in [0, 0.1) is 10.6 Å². The molecular weight excluding hydrogens is 471 g/mol. The van der Waals surface area contributed by atoms with E-state index < -0.39 is 0 Å². The minimum atomic E-state index is 0.159. The Kier molecular flexibility index (Phi) is 4.64. The van der Waals surface area contributed by atoms with Crippen LogP contribution < -0.4 is 20.1 Å². The molecule has 8 nitrogen and oxygen atoms in total. The number of nitrogens with zero attached hydrogens (tertiary/aromatic N) is 4. The van der Waals surface area contributed by atoms with E-state index >= 15 is 0 Å². The summed E-state index contributed by atoms with van der Waals surface area (Å²) in [6.45, 7) is 1.98. The van der Waals surface area contributed by atoms with Crippen LogP contribution >= 0.6 is 34.2 Å². The third-order valence-electron chi connectivity index (χ3n) is 3.44. The largest absolute Gasteiger partial charge is 0.454 e. The van der Waals surface area contributed by atoms with Gasteiger partial charge in [-0.3, -0.25) is 0 Å². The van der Waals surface area contributed by atoms with Gasteiger partial charge in [0.05, 0.1) is 5.02 Å². The standard InChI is InChI=1S/C16H12ClIN6O2/c1-8-20-11(18)6-13(21-8)24-16-19-5-4-12(23-16)22-14-9(17)2-3-10-15(14)26-7-25-10/h2-6H,7H2,1H3,(H2,19,20,21,22,23,24). The van der Waals surface area contributed by atoms with Crippen LogP contribution in [0.2, 0.25) is 5.02 Å². The van der Waals surface area contributed by atoms with Gasteiger partial charge in [0, 0.05) is 12.3 Å². The zero-order valence-corrected chi connectivity index (χ0v) is 16.4. The SMILES string of the molecule is Cc1nc(I)cc(Nc2nccc(Nc3c(Cl)ccc4c3OCO4)n2)n1. The zero-order chi connectivity index (χ0) is 18.1. The van der Waals surface area contributed by atoms with Crippen LogP contribution in [-0.2, 0) is 0 Å². The van der Waals surface area contributed by atoms with Crippen LogP contribution in [0.4, 0.5) is 23.3 Å². The summed E-state index contributed by atoms with van der Waals surface area (Å²) < 4.78 is 11.7. The van der Waals surface area contributed by atoms with Gasteiger partial charge in [-0.15, -0.1) is 0 Å². The molecule has 0 amide bonds. The average molecular weight is 483 g/mol. The molecular formula is C16H12ClIN6O2. The van der Waals surface area contributed by atoms with Gasteiger partial charge in [-0.1, -0.05) is 11.6 Å². The van der Waals surface area contributed by atoms with E-state index in [1.165, 1.54) is 0 Å². The van der Waals surface area contributed by atoms with Crippen LogP contribution in [0.25, 0.3) is 0 Å². The van der Waals surface area contributed by atoms with Crippen molar-refractivity contribution < 1.29 is 9.47 Å². The first kappa shape index (κ1) is 17.0. The Labute approximate surface area is 167 Å². The molecule has 0 spiro atoms. The van der Waals surface area contributed by atoms with E-state index in [0.717, 1.165) is 3.70 Å². The van der Waals surface area contributed by atoms with Crippen molar-refractivity contribution in [1.82, 2.24) is 19.9 Å². The number of halogens is 2. The number of ether oxygens (including phenoxy) is 2. The highest BCUT2D eigenvalue weighted by molar-refractivity contribution is 14.1. The van der Waals surface area contributed by atoms with Crippen LogP contribution in [0.5, 0.6) is 11.5 Å². The lowest BCUT2D eigenvalue weighted by Gasteiger charge is -2.11. The maximum absolute atomic E-state index is 6.29. The highest BCUT2D eigenvalue weighted by atomic mass is 127. The van der Waals surface area contributed by atoms with E-state index in [1.807, 2.05) is 13.0 Å². The highest BCUT2D eigenvalue weighted by Crippen LogP contribution is 2.44. The van der Waals surface area contributed by atoms with Crippen LogP contribution in [0.3, 0.4) is 0 Å². The van der Waals surface area contributed by atoms with E-state index in [-0.39, 0.29) is 6.79 Å². The van der Waals surface area contributed by atoms with Crippen molar-refractivity contribution in [2.45, 2.75) is 6.92 Å². The van der Waals surface area contributed by atoms with E-state index in [4.69, 9.17) is 21.1 Å². The third kappa shape index (κ3) is 3.58. The van der Waals surface area contributed by atoms with Gasteiger partial charge in [-0.25, -0.2) is 15.0 Å². The predicted molar refractivity (Wildman–Crippen MR) is 106 cm³/mol. The number of nitrogens with one attached hydrogen (secondary N) is 2. The van der Waals surface area contributed by atoms with Gasteiger partial charge in [0.1, 0.15) is 26.8 Å². The normalized spacial score (nSPS) is 12.1. The molecule has 0 unspecified atom stereocenters. The molecule has 0 saturated heterocycles. The van der Waals surface area contributed by atoms with Crippen LogP contribution in [-0.4, -0.2) is 26.7 Å². The topological polar surface area (TPSA) is 94.1 Å². The number of fused-ring (bicyclic) bond motifs is 1. The molecule has 26 heavy (non-hydrogen) atoms. The zero-order valence-electron chi connectivity index (χ0n) is 13.5. The maximum atomic E-state index is 6.29. The Morgan fingerprint density at radius 1 is 1.08 bits per heavy atom. The first-order valence-corrected chi connectivity index (χ1v) is 9.00. The fraction of sp³-hybridized carbons (Fsp3) is 0.125. The Morgan fingerprint density at radius 2 is 1.96 bits per heavy atom. The highest BCUT2D eigenvalue weighted by Gasteiger charge is 2.21. The van der Waals surface area contributed by atoms with Crippen molar-refractivity contribution in [2.24, 2.45) is 0 Å². The second-order valence-corrected chi connectivity index (χ2v) is 6.81. The van der Waals surface area contributed by atoms with Crippen molar-refractivity contribution in [1.29, 1.82) is 0 Å². The van der Waals surface area contributed by atoms with E-state index in [1.54, 1.807) is 24.4 Å². The van der Waals surface area contributed by atoms with Gasteiger partial charge < -0.3 is 20.1 Å². The van der Waals surface area contributed by atoms with Crippen molar-refractivity contribution in [3.8, 4) is 11.5 Å². The van der Waals surface area contributed by atoms with Crippen molar-refractivity contribution in [3.05, 3.63) is 45.0 Å². The summed E-state index contributed by atoms with van der Waals surface area (Å²) in [5, 5.41) is 6.73. The Bertz CT molecular complexity index is 967. The van der Waals surface area contributed by atoms with Crippen molar-refractivity contribution in [3.63, 3.8) is 0 Å². The summed E-state index contributed by atoms with van der Waals surface area (Å²) in [6, 6.07) is 7.04. The van der Waals surface area contributed by atoms with Gasteiger partial charge in [-0.05, 0) is 47.7 Å². The first-order valence-electron chi connectivity index (χ1n) is 7.55. The molecule has 10 heteroatoms. The maximum Gasteiger partial charge on any atom is 0.231 e. The molecule has 1 aliphatic heterocycles.